The number of rotatable bonds is 13. The lowest BCUT2D eigenvalue weighted by molar-refractivity contribution is -0.147. The number of carboxylic acid groups (broad SMARTS) is 1. The van der Waals surface area contributed by atoms with Gasteiger partial charge in [-0.15, -0.1) is 0 Å². The highest BCUT2D eigenvalue weighted by Gasteiger charge is 2.52. The highest BCUT2D eigenvalue weighted by Crippen LogP contribution is 2.31. The van der Waals surface area contributed by atoms with Crippen LogP contribution in [0.3, 0.4) is 0 Å². The Morgan fingerprint density at radius 2 is 1.26 bits per heavy atom. The molecule has 3 aromatic carbocycles. The summed E-state index contributed by atoms with van der Waals surface area (Å²) in [6.07, 6.45) is -4.19. The van der Waals surface area contributed by atoms with Gasteiger partial charge in [-0.1, -0.05) is 91.0 Å². The van der Waals surface area contributed by atoms with Crippen LogP contribution >= 0.6 is 0 Å². The minimum atomic E-state index is -1.47. The average molecular weight is 578 g/mol. The molecule has 0 radical (unpaired) electrons. The smallest absolute Gasteiger partial charge is 0.408 e. The van der Waals surface area contributed by atoms with Crippen LogP contribution in [0.5, 0.6) is 0 Å². The Labute approximate surface area is 246 Å². The molecule has 3 aromatic rings. The highest BCUT2D eigenvalue weighted by molar-refractivity contribution is 5.81. The van der Waals surface area contributed by atoms with Gasteiger partial charge in [-0.25, -0.2) is 9.59 Å². The van der Waals surface area contributed by atoms with Crippen molar-refractivity contribution in [1.29, 1.82) is 0 Å². The summed E-state index contributed by atoms with van der Waals surface area (Å²) < 4.78 is 30.4. The maximum Gasteiger partial charge on any atom is 0.408 e. The Balaban J connectivity index is 1.59. The molecule has 224 valence electrons. The van der Waals surface area contributed by atoms with E-state index in [2.05, 4.69) is 5.32 Å². The minimum absolute atomic E-state index is 0.120. The largest absolute Gasteiger partial charge is 0.480 e. The summed E-state index contributed by atoms with van der Waals surface area (Å²) in [7, 11) is 0. The van der Waals surface area contributed by atoms with Crippen LogP contribution in [0, 0.1) is 0 Å². The number of carbonyl (C=O) groups excluding carboxylic acids is 1. The maximum absolute atomic E-state index is 12.7. The number of amides is 1. The monoisotopic (exact) mass is 577 g/mol. The van der Waals surface area contributed by atoms with Crippen molar-refractivity contribution in [2.75, 3.05) is 6.61 Å². The molecule has 1 heterocycles. The molecular weight excluding hydrogens is 538 g/mol. The van der Waals surface area contributed by atoms with Crippen molar-refractivity contribution in [3.8, 4) is 0 Å². The van der Waals surface area contributed by atoms with Gasteiger partial charge in [-0.05, 0) is 37.5 Å². The van der Waals surface area contributed by atoms with Gasteiger partial charge in [0.2, 0.25) is 0 Å². The quantitative estimate of drug-likeness (QED) is 0.288. The molecule has 9 heteroatoms. The first kappa shape index (κ1) is 31.2. The summed E-state index contributed by atoms with van der Waals surface area (Å²) in [5.74, 6) is -1.29. The predicted molar refractivity (Wildman–Crippen MR) is 156 cm³/mol. The molecule has 0 saturated carbocycles. The molecule has 5 atom stereocenters. The number of alkyl carbamates (subject to hydrolysis) is 1. The Morgan fingerprint density at radius 1 is 0.786 bits per heavy atom. The number of hydrogen-bond acceptors (Lipinski definition) is 7. The summed E-state index contributed by atoms with van der Waals surface area (Å²) in [4.78, 5) is 25.2. The van der Waals surface area contributed by atoms with Crippen molar-refractivity contribution in [3.05, 3.63) is 108 Å². The molecule has 0 unspecified atom stereocenters. The fourth-order valence-corrected chi connectivity index (χ4v) is 4.67. The first-order valence-corrected chi connectivity index (χ1v) is 14.0. The van der Waals surface area contributed by atoms with Crippen LogP contribution in [0.4, 0.5) is 4.79 Å². The predicted octanol–water partition coefficient (Wildman–Crippen LogP) is 5.12. The first-order chi connectivity index (χ1) is 20.2. The minimum Gasteiger partial charge on any atom is -0.480 e. The van der Waals surface area contributed by atoms with Crippen molar-refractivity contribution in [1.82, 2.24) is 5.32 Å². The molecule has 1 fully saturated rings. The van der Waals surface area contributed by atoms with Crippen LogP contribution in [-0.4, -0.2) is 59.8 Å². The highest BCUT2D eigenvalue weighted by atomic mass is 16.6. The van der Waals surface area contributed by atoms with Gasteiger partial charge < -0.3 is 34.1 Å². The second kappa shape index (κ2) is 14.9. The zero-order chi connectivity index (χ0) is 30.0. The third kappa shape index (κ3) is 9.39. The van der Waals surface area contributed by atoms with E-state index in [-0.39, 0.29) is 19.8 Å². The standard InChI is InChI=1S/C33H39NO8/c1-33(2,3)42-32(37)34-27(31(35)36)29-30(40-21-25-17-11-6-12-18-25)28(39-20-24-15-9-5-10-16-24)26(41-29)22-38-19-23-13-7-4-8-14-23/h4-18,26-30H,19-22H2,1-3H3,(H,34,37)(H,35,36)/t26-,27-,28-,29-,30+/m1/s1. The summed E-state index contributed by atoms with van der Waals surface area (Å²) in [5.41, 5.74) is 2.00. The van der Waals surface area contributed by atoms with Crippen LogP contribution in [0.15, 0.2) is 91.0 Å². The lowest BCUT2D eigenvalue weighted by Gasteiger charge is -2.29. The fraction of sp³-hybridized carbons (Fsp3) is 0.394. The lowest BCUT2D eigenvalue weighted by Crippen LogP contribution is -2.54. The van der Waals surface area contributed by atoms with E-state index in [0.717, 1.165) is 16.7 Å². The van der Waals surface area contributed by atoms with Gasteiger partial charge in [0.1, 0.15) is 30.0 Å². The van der Waals surface area contributed by atoms with Gasteiger partial charge in [-0.3, -0.25) is 0 Å². The average Bonchev–Trinajstić information content (AvgIpc) is 3.30. The first-order valence-electron chi connectivity index (χ1n) is 14.0. The molecule has 42 heavy (non-hydrogen) atoms. The van der Waals surface area contributed by atoms with Crippen LogP contribution < -0.4 is 5.32 Å². The zero-order valence-electron chi connectivity index (χ0n) is 24.2. The van der Waals surface area contributed by atoms with E-state index in [0.29, 0.717) is 6.61 Å². The number of carbonyl (C=O) groups is 2. The molecule has 2 N–H and O–H groups in total. The number of nitrogens with one attached hydrogen (secondary N) is 1. The van der Waals surface area contributed by atoms with Gasteiger partial charge in [0, 0.05) is 0 Å². The van der Waals surface area contributed by atoms with E-state index in [1.165, 1.54) is 0 Å². The van der Waals surface area contributed by atoms with Crippen LogP contribution in [0.2, 0.25) is 0 Å². The molecule has 1 saturated heterocycles. The Kier molecular flexibility index (Phi) is 11.1. The summed E-state index contributed by atoms with van der Waals surface area (Å²) in [5, 5.41) is 12.7. The number of ether oxygens (including phenoxy) is 5. The second-order valence-corrected chi connectivity index (χ2v) is 11.1. The number of benzene rings is 3. The van der Waals surface area contributed by atoms with E-state index in [4.69, 9.17) is 23.7 Å². The van der Waals surface area contributed by atoms with Gasteiger partial charge in [0.05, 0.1) is 26.4 Å². The van der Waals surface area contributed by atoms with E-state index in [1.54, 1.807) is 20.8 Å². The number of aliphatic carboxylic acids is 1. The van der Waals surface area contributed by atoms with Crippen LogP contribution in [0.1, 0.15) is 37.5 Å². The molecule has 0 aliphatic carbocycles. The molecule has 4 rings (SSSR count). The maximum atomic E-state index is 12.7. The van der Waals surface area contributed by atoms with E-state index in [1.807, 2.05) is 91.0 Å². The van der Waals surface area contributed by atoms with Crippen molar-refractivity contribution in [2.45, 2.75) is 76.7 Å². The van der Waals surface area contributed by atoms with Crippen molar-refractivity contribution < 1.29 is 38.4 Å². The number of hydrogen-bond donors (Lipinski definition) is 2. The molecule has 0 bridgehead atoms. The summed E-state index contributed by atoms with van der Waals surface area (Å²) in [6, 6.07) is 27.4. The van der Waals surface area contributed by atoms with Crippen molar-refractivity contribution in [2.24, 2.45) is 0 Å². The third-order valence-electron chi connectivity index (χ3n) is 6.58. The molecule has 0 spiro atoms. The molecule has 9 nitrogen and oxygen atoms in total. The van der Waals surface area contributed by atoms with Crippen LogP contribution in [0.25, 0.3) is 0 Å². The molecule has 0 aromatic heterocycles. The Morgan fingerprint density at radius 3 is 1.74 bits per heavy atom. The Bertz CT molecular complexity index is 1250. The zero-order valence-corrected chi connectivity index (χ0v) is 24.2. The molecule has 1 amide bonds. The van der Waals surface area contributed by atoms with E-state index < -0.39 is 48.1 Å². The fourth-order valence-electron chi connectivity index (χ4n) is 4.67. The second-order valence-electron chi connectivity index (χ2n) is 11.1. The van der Waals surface area contributed by atoms with Gasteiger partial charge in [0.15, 0.2) is 6.04 Å². The molecule has 1 aliphatic rings. The van der Waals surface area contributed by atoms with Crippen molar-refractivity contribution in [3.63, 3.8) is 0 Å². The number of carboxylic acids is 1. The normalized spacial score (nSPS) is 21.0. The molecular formula is C33H39NO8. The topological polar surface area (TPSA) is 113 Å². The van der Waals surface area contributed by atoms with Gasteiger partial charge >= 0.3 is 12.1 Å². The van der Waals surface area contributed by atoms with Gasteiger partial charge in [0.25, 0.3) is 0 Å². The summed E-state index contributed by atoms with van der Waals surface area (Å²) >= 11 is 0. The SMILES string of the molecule is CC(C)(C)OC(=O)N[C@@H](C(=O)O)[C@H]1O[C@H](COCc2ccccc2)[C@@H](OCc2ccccc2)[C@@H]1OCc1ccccc1. The summed E-state index contributed by atoms with van der Waals surface area (Å²) in [6.45, 7) is 6.00. The van der Waals surface area contributed by atoms with Crippen molar-refractivity contribution >= 4 is 12.1 Å². The Hall–Kier alpha value is -3.76. The van der Waals surface area contributed by atoms with Gasteiger partial charge in [-0.2, -0.15) is 0 Å². The van der Waals surface area contributed by atoms with E-state index >= 15 is 0 Å². The lowest BCUT2D eigenvalue weighted by atomic mass is 10.0. The third-order valence-corrected chi connectivity index (χ3v) is 6.58. The molecule has 1 aliphatic heterocycles. The van der Waals surface area contributed by atoms with Crippen LogP contribution in [-0.2, 0) is 48.3 Å². The van der Waals surface area contributed by atoms with E-state index in [9.17, 15) is 14.7 Å².